The Morgan fingerprint density at radius 1 is 1.00 bits per heavy atom. The van der Waals surface area contributed by atoms with Gasteiger partial charge in [0.15, 0.2) is 21.2 Å². The van der Waals surface area contributed by atoms with E-state index in [4.69, 9.17) is 0 Å². The lowest BCUT2D eigenvalue weighted by molar-refractivity contribution is -0.970. The molecule has 10 heteroatoms. The minimum absolute atomic E-state index is 0.0249. The van der Waals surface area contributed by atoms with Crippen molar-refractivity contribution in [2.45, 2.75) is 18.6 Å². The van der Waals surface area contributed by atoms with Crippen molar-refractivity contribution in [3.63, 3.8) is 0 Å². The first-order valence-electron chi connectivity index (χ1n) is 3.39. The van der Waals surface area contributed by atoms with Crippen LogP contribution in [0.15, 0.2) is 0 Å². The van der Waals surface area contributed by atoms with E-state index >= 15 is 0 Å². The van der Waals surface area contributed by atoms with Crippen molar-refractivity contribution in [2.24, 2.45) is 0 Å². The number of alkyl halides is 1. The predicted octanol–water partition coefficient (Wildman–Crippen LogP) is 0.645. The number of hydrogen-bond acceptors (Lipinski definition) is 6. The van der Waals surface area contributed by atoms with E-state index in [1.165, 1.54) is 0 Å². The molecule has 0 heterocycles. The highest BCUT2D eigenvalue weighted by atomic mass is 79.9. The molecule has 0 bridgehead atoms. The maximum Gasteiger partial charge on any atom is 0.699 e. The molecule has 0 aromatic rings. The second-order valence-corrected chi connectivity index (χ2v) is 3.13. The topological polar surface area (TPSA) is 129 Å². The maximum absolute atomic E-state index is 10.3. The molecule has 0 saturated heterocycles. The summed E-state index contributed by atoms with van der Waals surface area (Å²) < 4.78 is 0. The molecule has 80 valence electrons. The van der Waals surface area contributed by atoms with Gasteiger partial charge in [-0.05, 0) is 6.42 Å². The molecule has 0 N–H and O–H groups in total. The van der Waals surface area contributed by atoms with Crippen LogP contribution in [0, 0.1) is 30.3 Å². The van der Waals surface area contributed by atoms with Crippen LogP contribution in [0.1, 0.15) is 12.8 Å². The van der Waals surface area contributed by atoms with Crippen molar-refractivity contribution in [2.75, 3.05) is 5.33 Å². The quantitative estimate of drug-likeness (QED) is 0.302. The molecule has 9 nitrogen and oxygen atoms in total. The standard InChI is InChI=1S/C4H6BrN3O6/c5-3-1-2-4(6(9)10,7(11)12)8(13)14/h1-3H2. The molecule has 0 spiro atoms. The minimum atomic E-state index is -3.31. The lowest BCUT2D eigenvalue weighted by Gasteiger charge is -2.07. The Bertz CT molecular complexity index is 232. The first-order chi connectivity index (χ1) is 6.39. The Labute approximate surface area is 85.7 Å². The molecule has 0 fully saturated rings. The number of hydrogen-bond donors (Lipinski definition) is 0. The fraction of sp³-hybridized carbons (Fsp3) is 1.00. The van der Waals surface area contributed by atoms with Crippen molar-refractivity contribution in [3.8, 4) is 0 Å². The molecule has 0 amide bonds. The summed E-state index contributed by atoms with van der Waals surface area (Å²) in [5.74, 6) is -3.31. The predicted molar refractivity (Wildman–Crippen MR) is 46.7 cm³/mol. The zero-order valence-corrected chi connectivity index (χ0v) is 8.38. The summed E-state index contributed by atoms with van der Waals surface area (Å²) in [4.78, 5) is 26.5. The highest BCUT2D eigenvalue weighted by molar-refractivity contribution is 9.09. The number of nitro groups is 3. The van der Waals surface area contributed by atoms with Crippen molar-refractivity contribution in [3.05, 3.63) is 30.3 Å². The van der Waals surface area contributed by atoms with Gasteiger partial charge in [-0.15, -0.1) is 0 Å². The third-order valence-electron chi connectivity index (χ3n) is 1.52. The van der Waals surface area contributed by atoms with Crippen LogP contribution < -0.4 is 0 Å². The number of rotatable bonds is 6. The van der Waals surface area contributed by atoms with E-state index in [0.29, 0.717) is 0 Å². The molecule has 0 unspecified atom stereocenters. The van der Waals surface area contributed by atoms with Crippen LogP contribution in [0.25, 0.3) is 0 Å². The average Bonchev–Trinajstić information content (AvgIpc) is 2.03. The first kappa shape index (κ1) is 12.7. The highest BCUT2D eigenvalue weighted by Gasteiger charge is 2.69. The third-order valence-corrected chi connectivity index (χ3v) is 2.08. The van der Waals surface area contributed by atoms with Gasteiger partial charge < -0.3 is 0 Å². The van der Waals surface area contributed by atoms with Gasteiger partial charge in [-0.1, -0.05) is 15.9 Å². The van der Waals surface area contributed by atoms with Gasteiger partial charge in [-0.3, -0.25) is 30.3 Å². The Hall–Kier alpha value is -1.32. The van der Waals surface area contributed by atoms with Crippen molar-refractivity contribution in [1.29, 1.82) is 0 Å². The molecule has 0 aliphatic carbocycles. The second kappa shape index (κ2) is 4.79. The lowest BCUT2D eigenvalue weighted by atomic mass is 10.2. The van der Waals surface area contributed by atoms with E-state index in [1.807, 2.05) is 0 Å². The molecule has 0 radical (unpaired) electrons. The summed E-state index contributed by atoms with van der Waals surface area (Å²) in [6, 6.07) is 0. The maximum atomic E-state index is 10.3. The van der Waals surface area contributed by atoms with Gasteiger partial charge in [0.25, 0.3) is 0 Å². The summed E-state index contributed by atoms with van der Waals surface area (Å²) in [6.07, 6.45) is -0.770. The van der Waals surface area contributed by atoms with Crippen LogP contribution in [0.5, 0.6) is 0 Å². The van der Waals surface area contributed by atoms with Crippen LogP contribution in [0.3, 0.4) is 0 Å². The average molecular weight is 272 g/mol. The summed E-state index contributed by atoms with van der Waals surface area (Å²) in [5, 5.41) is 31.2. The van der Waals surface area contributed by atoms with E-state index in [0.717, 1.165) is 0 Å². The van der Waals surface area contributed by atoms with Gasteiger partial charge >= 0.3 is 5.79 Å². The Morgan fingerprint density at radius 3 is 1.57 bits per heavy atom. The van der Waals surface area contributed by atoms with Gasteiger partial charge in [0.05, 0.1) is 0 Å². The molecule has 0 aliphatic rings. The number of nitrogens with zero attached hydrogens (tertiary/aromatic N) is 3. The van der Waals surface area contributed by atoms with Crippen molar-refractivity contribution < 1.29 is 14.8 Å². The largest absolute Gasteiger partial charge is 0.699 e. The number of halogens is 1. The Morgan fingerprint density at radius 2 is 1.36 bits per heavy atom. The van der Waals surface area contributed by atoms with Gasteiger partial charge in [-0.2, -0.15) is 0 Å². The molecule has 0 saturated carbocycles. The van der Waals surface area contributed by atoms with E-state index in [1.54, 1.807) is 0 Å². The SMILES string of the molecule is O=[N+]([O-])C(CCCBr)([N+](=O)[O-])[N+](=O)[O-]. The Balaban J connectivity index is 5.06. The lowest BCUT2D eigenvalue weighted by Crippen LogP contribution is -2.53. The molecule has 0 aliphatic heterocycles. The fourth-order valence-electron chi connectivity index (χ4n) is 0.778. The summed E-state index contributed by atoms with van der Waals surface area (Å²) >= 11 is 2.88. The van der Waals surface area contributed by atoms with Gasteiger partial charge in [0.1, 0.15) is 0 Å². The Kier molecular flexibility index (Phi) is 4.34. The third kappa shape index (κ3) is 2.13. The van der Waals surface area contributed by atoms with E-state index in [-0.39, 0.29) is 11.8 Å². The molecule has 0 atom stereocenters. The van der Waals surface area contributed by atoms with Gasteiger partial charge in [0.2, 0.25) is 0 Å². The molecular formula is C4H6BrN3O6. The van der Waals surface area contributed by atoms with Crippen molar-refractivity contribution >= 4 is 15.9 Å². The van der Waals surface area contributed by atoms with Crippen LogP contribution in [-0.4, -0.2) is 25.9 Å². The normalized spacial score (nSPS) is 10.9. The zero-order chi connectivity index (χ0) is 11.4. The highest BCUT2D eigenvalue weighted by Crippen LogP contribution is 2.19. The van der Waals surface area contributed by atoms with Crippen LogP contribution in [-0.2, 0) is 0 Å². The fourth-order valence-corrected chi connectivity index (χ4v) is 1.06. The molecule has 0 aromatic heterocycles. The molecule has 14 heavy (non-hydrogen) atoms. The molecule has 0 aromatic carbocycles. The summed E-state index contributed by atoms with van der Waals surface area (Å²) in [5.41, 5.74) is 0. The van der Waals surface area contributed by atoms with Crippen LogP contribution in [0.2, 0.25) is 0 Å². The summed E-state index contributed by atoms with van der Waals surface area (Å²) in [6.45, 7) is 0. The molecular weight excluding hydrogens is 266 g/mol. The van der Waals surface area contributed by atoms with E-state index in [2.05, 4.69) is 15.9 Å². The monoisotopic (exact) mass is 271 g/mol. The van der Waals surface area contributed by atoms with Crippen LogP contribution >= 0.6 is 15.9 Å². The summed E-state index contributed by atoms with van der Waals surface area (Å²) in [7, 11) is 0. The van der Waals surface area contributed by atoms with E-state index in [9.17, 15) is 30.3 Å². The zero-order valence-electron chi connectivity index (χ0n) is 6.79. The first-order valence-corrected chi connectivity index (χ1v) is 4.51. The van der Waals surface area contributed by atoms with Crippen molar-refractivity contribution in [1.82, 2.24) is 0 Å². The second-order valence-electron chi connectivity index (χ2n) is 2.34. The minimum Gasteiger partial charge on any atom is -0.253 e. The van der Waals surface area contributed by atoms with Gasteiger partial charge in [-0.25, -0.2) is 0 Å². The van der Waals surface area contributed by atoms with E-state index < -0.39 is 27.0 Å². The van der Waals surface area contributed by atoms with Crippen LogP contribution in [0.4, 0.5) is 0 Å². The molecule has 0 rings (SSSR count). The van der Waals surface area contributed by atoms with Gasteiger partial charge in [0, 0.05) is 5.33 Å². The smallest absolute Gasteiger partial charge is 0.253 e.